The van der Waals surface area contributed by atoms with Crippen LogP contribution in [0.15, 0.2) is 23.1 Å². The highest BCUT2D eigenvalue weighted by Crippen LogP contribution is 2.26. The van der Waals surface area contributed by atoms with Gasteiger partial charge in [0.1, 0.15) is 11.3 Å². The number of nitrogens with two attached hydrogens (primary N) is 1. The molecular formula is C10H14N2O4S. The highest BCUT2D eigenvalue weighted by atomic mass is 32.2. The third-order valence-corrected chi connectivity index (χ3v) is 3.09. The van der Waals surface area contributed by atoms with Crippen LogP contribution in [-0.4, -0.2) is 40.4 Å². The summed E-state index contributed by atoms with van der Waals surface area (Å²) in [6, 6.07) is 4.24. The average molecular weight is 258 g/mol. The Kier molecular flexibility index (Phi) is 3.74. The van der Waals surface area contributed by atoms with Crippen molar-refractivity contribution in [1.29, 1.82) is 0 Å². The van der Waals surface area contributed by atoms with Crippen molar-refractivity contribution in [3.63, 3.8) is 0 Å². The molecule has 1 aromatic carbocycles. The molecule has 0 aliphatic carbocycles. The summed E-state index contributed by atoms with van der Waals surface area (Å²) in [6.45, 7) is 0. The maximum atomic E-state index is 11.9. The second kappa shape index (κ2) is 4.72. The molecule has 17 heavy (non-hydrogen) atoms. The Labute approximate surface area is 100 Å². The quantitative estimate of drug-likeness (QED) is 0.829. The third kappa shape index (κ3) is 2.75. The van der Waals surface area contributed by atoms with Gasteiger partial charge >= 0.3 is 0 Å². The Morgan fingerprint density at radius 3 is 2.35 bits per heavy atom. The number of carbonyl (C=O) groups excluding carboxylic acids is 1. The van der Waals surface area contributed by atoms with Gasteiger partial charge in [0.25, 0.3) is 5.91 Å². The van der Waals surface area contributed by atoms with Crippen LogP contribution in [0.3, 0.4) is 0 Å². The molecule has 0 aromatic heterocycles. The van der Waals surface area contributed by atoms with Crippen molar-refractivity contribution in [3.8, 4) is 5.75 Å². The molecule has 0 saturated carbocycles. The minimum absolute atomic E-state index is 0.0532. The van der Waals surface area contributed by atoms with Crippen molar-refractivity contribution in [1.82, 2.24) is 4.90 Å². The molecule has 0 aliphatic rings. The smallest absolute Gasteiger partial charge is 0.258 e. The van der Waals surface area contributed by atoms with Crippen LogP contribution in [0.5, 0.6) is 5.75 Å². The number of rotatable bonds is 3. The Morgan fingerprint density at radius 2 is 1.94 bits per heavy atom. The molecule has 0 radical (unpaired) electrons. The molecule has 1 amide bonds. The van der Waals surface area contributed by atoms with Crippen molar-refractivity contribution in [3.05, 3.63) is 23.8 Å². The number of hydrogen-bond donors (Lipinski definition) is 1. The number of sulfonamides is 1. The predicted octanol–water partition coefficient (Wildman–Crippen LogP) is 0.0444. The second-order valence-electron chi connectivity index (χ2n) is 3.58. The van der Waals surface area contributed by atoms with Crippen molar-refractivity contribution in [2.75, 3.05) is 21.2 Å². The zero-order valence-corrected chi connectivity index (χ0v) is 10.6. The van der Waals surface area contributed by atoms with Crippen LogP contribution in [-0.2, 0) is 10.0 Å². The summed E-state index contributed by atoms with van der Waals surface area (Å²) in [4.78, 5) is 12.9. The van der Waals surface area contributed by atoms with Gasteiger partial charge in [0, 0.05) is 14.1 Å². The minimum atomic E-state index is -3.97. The van der Waals surface area contributed by atoms with Gasteiger partial charge in [-0.3, -0.25) is 4.79 Å². The van der Waals surface area contributed by atoms with E-state index in [9.17, 15) is 13.2 Å². The Morgan fingerprint density at radius 1 is 1.35 bits per heavy atom. The zero-order valence-electron chi connectivity index (χ0n) is 9.80. The first-order valence-electron chi connectivity index (χ1n) is 4.70. The van der Waals surface area contributed by atoms with E-state index in [1.54, 1.807) is 0 Å². The molecule has 0 unspecified atom stereocenters. The molecule has 1 aromatic rings. The summed E-state index contributed by atoms with van der Waals surface area (Å²) >= 11 is 0. The van der Waals surface area contributed by atoms with Crippen LogP contribution in [0, 0.1) is 0 Å². The lowest BCUT2D eigenvalue weighted by Crippen LogP contribution is -2.26. The monoisotopic (exact) mass is 258 g/mol. The normalized spacial score (nSPS) is 11.1. The maximum absolute atomic E-state index is 11.9. The molecule has 2 N–H and O–H groups in total. The van der Waals surface area contributed by atoms with Crippen LogP contribution >= 0.6 is 0 Å². The lowest BCUT2D eigenvalue weighted by molar-refractivity contribution is 0.0820. The molecule has 6 nitrogen and oxygen atoms in total. The predicted molar refractivity (Wildman–Crippen MR) is 62.4 cm³/mol. The van der Waals surface area contributed by atoms with Crippen molar-refractivity contribution >= 4 is 15.9 Å². The number of benzene rings is 1. The number of methoxy groups -OCH3 is 1. The van der Waals surface area contributed by atoms with E-state index in [0.29, 0.717) is 0 Å². The number of primary sulfonamides is 1. The molecule has 0 aliphatic heterocycles. The van der Waals surface area contributed by atoms with Gasteiger partial charge in [-0.1, -0.05) is 6.07 Å². The first kappa shape index (κ1) is 13.5. The highest BCUT2D eigenvalue weighted by molar-refractivity contribution is 7.89. The fourth-order valence-electron chi connectivity index (χ4n) is 1.35. The van der Waals surface area contributed by atoms with Crippen molar-refractivity contribution in [2.24, 2.45) is 5.14 Å². The lowest BCUT2D eigenvalue weighted by Gasteiger charge is -2.15. The topological polar surface area (TPSA) is 89.7 Å². The van der Waals surface area contributed by atoms with Gasteiger partial charge in [0.15, 0.2) is 0 Å². The number of nitrogens with zero attached hydrogens (tertiary/aromatic N) is 1. The zero-order chi connectivity index (χ0) is 13.2. The van der Waals surface area contributed by atoms with Gasteiger partial charge in [0.2, 0.25) is 10.0 Å². The molecule has 0 spiro atoms. The Hall–Kier alpha value is -1.60. The van der Waals surface area contributed by atoms with E-state index in [1.807, 2.05) is 0 Å². The number of amides is 1. The fraction of sp³-hybridized carbons (Fsp3) is 0.300. The first-order chi connectivity index (χ1) is 7.79. The van der Waals surface area contributed by atoms with Crippen LogP contribution in [0.2, 0.25) is 0 Å². The van der Waals surface area contributed by atoms with Crippen LogP contribution in [0.25, 0.3) is 0 Å². The molecular weight excluding hydrogens is 244 g/mol. The van der Waals surface area contributed by atoms with Gasteiger partial charge in [0.05, 0.1) is 12.0 Å². The molecule has 0 atom stereocenters. The third-order valence-electron chi connectivity index (χ3n) is 2.13. The van der Waals surface area contributed by atoms with E-state index < -0.39 is 15.9 Å². The molecule has 0 fully saturated rings. The summed E-state index contributed by atoms with van der Waals surface area (Å²) in [5.41, 5.74) is -0.0532. The molecule has 0 heterocycles. The standard InChI is InChI=1S/C10H14N2O4S/c1-12(2)10(13)9-7(16-3)5-4-6-8(9)17(11,14)15/h4-6H,1-3H3,(H2,11,14,15). The molecule has 0 saturated heterocycles. The summed E-state index contributed by atoms with van der Waals surface area (Å²) in [5.74, 6) is -0.304. The number of hydrogen-bond acceptors (Lipinski definition) is 4. The molecule has 1 rings (SSSR count). The van der Waals surface area contributed by atoms with Gasteiger partial charge in [-0.2, -0.15) is 0 Å². The molecule has 0 bridgehead atoms. The van der Waals surface area contributed by atoms with Crippen LogP contribution in [0.1, 0.15) is 10.4 Å². The van der Waals surface area contributed by atoms with Gasteiger partial charge < -0.3 is 9.64 Å². The average Bonchev–Trinajstić information content (AvgIpc) is 2.25. The van der Waals surface area contributed by atoms with E-state index in [1.165, 1.54) is 44.3 Å². The number of carbonyl (C=O) groups is 1. The number of ether oxygens (including phenoxy) is 1. The van der Waals surface area contributed by atoms with E-state index >= 15 is 0 Å². The van der Waals surface area contributed by atoms with E-state index in [-0.39, 0.29) is 16.2 Å². The fourth-order valence-corrected chi connectivity index (χ4v) is 2.09. The van der Waals surface area contributed by atoms with E-state index in [4.69, 9.17) is 9.88 Å². The second-order valence-corrected chi connectivity index (χ2v) is 5.11. The van der Waals surface area contributed by atoms with Gasteiger partial charge in [-0.15, -0.1) is 0 Å². The lowest BCUT2D eigenvalue weighted by atomic mass is 10.2. The van der Waals surface area contributed by atoms with Gasteiger partial charge in [-0.25, -0.2) is 13.6 Å². The SMILES string of the molecule is COc1cccc(S(N)(=O)=O)c1C(=O)N(C)C. The Balaban J connectivity index is 3.58. The summed E-state index contributed by atoms with van der Waals surface area (Å²) < 4.78 is 27.8. The summed E-state index contributed by atoms with van der Waals surface area (Å²) in [7, 11) is 0.415. The Bertz CT molecular complexity index is 537. The van der Waals surface area contributed by atoms with Crippen molar-refractivity contribution in [2.45, 2.75) is 4.90 Å². The first-order valence-corrected chi connectivity index (χ1v) is 6.25. The molecule has 7 heteroatoms. The summed E-state index contributed by atoms with van der Waals surface area (Å²) in [6.07, 6.45) is 0. The van der Waals surface area contributed by atoms with Gasteiger partial charge in [-0.05, 0) is 12.1 Å². The van der Waals surface area contributed by atoms with E-state index in [2.05, 4.69) is 0 Å². The summed E-state index contributed by atoms with van der Waals surface area (Å²) in [5, 5.41) is 5.07. The molecule has 94 valence electrons. The maximum Gasteiger partial charge on any atom is 0.258 e. The van der Waals surface area contributed by atoms with Crippen molar-refractivity contribution < 1.29 is 17.9 Å². The minimum Gasteiger partial charge on any atom is -0.496 e. The van der Waals surface area contributed by atoms with Crippen LogP contribution < -0.4 is 9.88 Å². The highest BCUT2D eigenvalue weighted by Gasteiger charge is 2.24. The van der Waals surface area contributed by atoms with Crippen LogP contribution in [0.4, 0.5) is 0 Å². The largest absolute Gasteiger partial charge is 0.496 e. The van der Waals surface area contributed by atoms with E-state index in [0.717, 1.165) is 0 Å².